The average molecular weight is 292 g/mol. The third-order valence-electron chi connectivity index (χ3n) is 4.50. The molecule has 2 rings (SSSR count). The van der Waals surface area contributed by atoms with Crippen molar-refractivity contribution in [2.75, 3.05) is 24.5 Å². The van der Waals surface area contributed by atoms with Gasteiger partial charge in [-0.15, -0.1) is 0 Å². The predicted octanol–water partition coefficient (Wildman–Crippen LogP) is 4.34. The van der Waals surface area contributed by atoms with Gasteiger partial charge in [0, 0.05) is 30.9 Å². The zero-order chi connectivity index (χ0) is 15.3. The summed E-state index contributed by atoms with van der Waals surface area (Å²) >= 11 is 0. The normalized spacial score (nSPS) is 18.6. The molecule has 0 atom stereocenters. The molecule has 1 N–H and O–H groups in total. The minimum atomic E-state index is -0.0837. The van der Waals surface area contributed by atoms with E-state index in [0.29, 0.717) is 12.0 Å². The number of halogens is 1. The molecule has 0 saturated carbocycles. The lowest BCUT2D eigenvalue weighted by Crippen LogP contribution is -2.27. The number of nitrogens with one attached hydrogen (secondary N) is 1. The highest BCUT2D eigenvalue weighted by atomic mass is 19.1. The topological polar surface area (TPSA) is 15.3 Å². The summed E-state index contributed by atoms with van der Waals surface area (Å²) in [7, 11) is 0. The number of rotatable bonds is 5. The molecule has 1 heterocycles. The number of benzene rings is 1. The Balaban J connectivity index is 2.16. The maximum absolute atomic E-state index is 14.2. The van der Waals surface area contributed by atoms with Gasteiger partial charge in [-0.1, -0.05) is 26.8 Å². The summed E-state index contributed by atoms with van der Waals surface area (Å²) in [6.45, 7) is 10.4. The molecule has 2 nitrogen and oxygen atoms in total. The molecule has 0 radical (unpaired) electrons. The molecule has 0 amide bonds. The van der Waals surface area contributed by atoms with E-state index in [-0.39, 0.29) is 5.82 Å². The summed E-state index contributed by atoms with van der Waals surface area (Å²) in [5.74, 6) is -0.0837. The van der Waals surface area contributed by atoms with Crippen molar-refractivity contribution in [3.05, 3.63) is 29.6 Å². The minimum absolute atomic E-state index is 0.0837. The van der Waals surface area contributed by atoms with Crippen molar-refractivity contribution < 1.29 is 4.39 Å². The van der Waals surface area contributed by atoms with Crippen molar-refractivity contribution >= 4 is 5.69 Å². The molecule has 1 saturated heterocycles. The van der Waals surface area contributed by atoms with E-state index in [1.165, 1.54) is 19.3 Å². The molecule has 1 fully saturated rings. The Hall–Kier alpha value is -1.09. The lowest BCUT2D eigenvalue weighted by Gasteiger charge is -2.27. The van der Waals surface area contributed by atoms with Crippen LogP contribution in [0.5, 0.6) is 0 Å². The molecule has 21 heavy (non-hydrogen) atoms. The van der Waals surface area contributed by atoms with Crippen LogP contribution in [0.25, 0.3) is 0 Å². The van der Waals surface area contributed by atoms with Crippen LogP contribution in [0.15, 0.2) is 18.2 Å². The second-order valence-electron chi connectivity index (χ2n) is 6.92. The molecular weight excluding hydrogens is 263 g/mol. The number of hydrogen-bond donors (Lipinski definition) is 1. The highest BCUT2D eigenvalue weighted by Gasteiger charge is 2.24. The van der Waals surface area contributed by atoms with E-state index in [1.807, 2.05) is 6.07 Å². The van der Waals surface area contributed by atoms with Crippen molar-refractivity contribution in [3.63, 3.8) is 0 Å². The Morgan fingerprint density at radius 3 is 2.81 bits per heavy atom. The predicted molar refractivity (Wildman–Crippen MR) is 88.2 cm³/mol. The monoisotopic (exact) mass is 292 g/mol. The van der Waals surface area contributed by atoms with E-state index in [2.05, 4.69) is 37.1 Å². The van der Waals surface area contributed by atoms with E-state index >= 15 is 0 Å². The van der Waals surface area contributed by atoms with Gasteiger partial charge in [0.25, 0.3) is 0 Å². The van der Waals surface area contributed by atoms with Gasteiger partial charge in [-0.25, -0.2) is 4.39 Å². The first-order valence-electron chi connectivity index (χ1n) is 8.26. The van der Waals surface area contributed by atoms with Crippen molar-refractivity contribution in [2.24, 2.45) is 5.41 Å². The number of hydrogen-bond acceptors (Lipinski definition) is 2. The molecule has 0 spiro atoms. The van der Waals surface area contributed by atoms with E-state index in [0.717, 1.165) is 37.3 Å². The molecule has 1 aliphatic rings. The molecule has 1 aromatic carbocycles. The highest BCUT2D eigenvalue weighted by molar-refractivity contribution is 5.54. The average Bonchev–Trinajstić information content (AvgIpc) is 2.62. The fourth-order valence-electron chi connectivity index (χ4n) is 3.07. The van der Waals surface area contributed by atoms with Crippen LogP contribution in [-0.2, 0) is 6.54 Å². The van der Waals surface area contributed by atoms with Crippen LogP contribution >= 0.6 is 0 Å². The van der Waals surface area contributed by atoms with Crippen molar-refractivity contribution in [1.82, 2.24) is 5.32 Å². The van der Waals surface area contributed by atoms with Crippen molar-refractivity contribution in [3.8, 4) is 0 Å². The molecule has 1 aromatic rings. The fourth-order valence-corrected chi connectivity index (χ4v) is 3.07. The van der Waals surface area contributed by atoms with Gasteiger partial charge in [0.15, 0.2) is 0 Å². The zero-order valence-electron chi connectivity index (χ0n) is 13.7. The van der Waals surface area contributed by atoms with E-state index in [1.54, 1.807) is 6.07 Å². The van der Waals surface area contributed by atoms with Crippen LogP contribution in [0.4, 0.5) is 10.1 Å². The Labute approximate surface area is 128 Å². The molecule has 3 heteroatoms. The van der Waals surface area contributed by atoms with Gasteiger partial charge >= 0.3 is 0 Å². The second kappa shape index (κ2) is 7.26. The summed E-state index contributed by atoms with van der Waals surface area (Å²) in [4.78, 5) is 2.38. The molecule has 0 aliphatic carbocycles. The second-order valence-corrected chi connectivity index (χ2v) is 6.92. The summed E-state index contributed by atoms with van der Waals surface area (Å²) in [6, 6.07) is 5.49. The molecule has 0 aromatic heterocycles. The smallest absolute Gasteiger partial charge is 0.129 e. The van der Waals surface area contributed by atoms with Gasteiger partial charge in [0.05, 0.1) is 0 Å². The lowest BCUT2D eigenvalue weighted by atomic mass is 9.85. The largest absolute Gasteiger partial charge is 0.371 e. The first-order chi connectivity index (χ1) is 10.0. The van der Waals surface area contributed by atoms with Crippen LogP contribution in [0.2, 0.25) is 0 Å². The molecule has 1 aliphatic heterocycles. The van der Waals surface area contributed by atoms with Crippen LogP contribution < -0.4 is 10.2 Å². The Bertz CT molecular complexity index is 457. The van der Waals surface area contributed by atoms with E-state index < -0.39 is 0 Å². The Kier molecular flexibility index (Phi) is 5.63. The van der Waals surface area contributed by atoms with Crippen LogP contribution in [0, 0.1) is 11.2 Å². The summed E-state index contributed by atoms with van der Waals surface area (Å²) in [5, 5.41) is 3.34. The summed E-state index contributed by atoms with van der Waals surface area (Å²) in [6.07, 6.45) is 4.68. The van der Waals surface area contributed by atoms with Crippen LogP contribution in [-0.4, -0.2) is 19.6 Å². The van der Waals surface area contributed by atoms with E-state index in [9.17, 15) is 4.39 Å². The minimum Gasteiger partial charge on any atom is -0.371 e. The van der Waals surface area contributed by atoms with Gasteiger partial charge in [-0.2, -0.15) is 0 Å². The highest BCUT2D eigenvalue weighted by Crippen LogP contribution is 2.33. The third kappa shape index (κ3) is 4.44. The first-order valence-corrected chi connectivity index (χ1v) is 8.26. The van der Waals surface area contributed by atoms with Gasteiger partial charge in [0.2, 0.25) is 0 Å². The zero-order valence-corrected chi connectivity index (χ0v) is 13.7. The SMILES string of the molecule is CCCNCc1c(F)cccc1N1CCCC(C)(C)CC1. The summed E-state index contributed by atoms with van der Waals surface area (Å²) < 4.78 is 14.2. The van der Waals surface area contributed by atoms with Crippen molar-refractivity contribution in [2.45, 2.75) is 53.0 Å². The molecular formula is C18H29FN2. The number of anilines is 1. The van der Waals surface area contributed by atoms with E-state index in [4.69, 9.17) is 0 Å². The van der Waals surface area contributed by atoms with Gasteiger partial charge in [-0.3, -0.25) is 0 Å². The Morgan fingerprint density at radius 1 is 1.24 bits per heavy atom. The van der Waals surface area contributed by atoms with Crippen molar-refractivity contribution in [1.29, 1.82) is 0 Å². The summed E-state index contributed by atoms with van der Waals surface area (Å²) in [5.41, 5.74) is 2.31. The molecule has 0 bridgehead atoms. The number of nitrogens with zero attached hydrogens (tertiary/aromatic N) is 1. The maximum Gasteiger partial charge on any atom is 0.129 e. The Morgan fingerprint density at radius 2 is 2.05 bits per heavy atom. The van der Waals surface area contributed by atoms with Gasteiger partial charge in [0.1, 0.15) is 5.82 Å². The molecule has 118 valence electrons. The quantitative estimate of drug-likeness (QED) is 0.812. The van der Waals surface area contributed by atoms with Crippen LogP contribution in [0.3, 0.4) is 0 Å². The van der Waals surface area contributed by atoms with Crippen LogP contribution in [0.1, 0.15) is 52.0 Å². The third-order valence-corrected chi connectivity index (χ3v) is 4.50. The standard InChI is InChI=1S/C18H29FN2/c1-4-11-20-14-15-16(19)7-5-8-17(15)21-12-6-9-18(2,3)10-13-21/h5,7-8,20H,4,6,9-14H2,1-3H3. The first kappa shape index (κ1) is 16.3. The molecule has 0 unspecified atom stereocenters. The lowest BCUT2D eigenvalue weighted by molar-refractivity contribution is 0.325. The maximum atomic E-state index is 14.2. The van der Waals surface area contributed by atoms with Gasteiger partial charge in [-0.05, 0) is 49.8 Å². The fraction of sp³-hybridized carbons (Fsp3) is 0.667. The van der Waals surface area contributed by atoms with Gasteiger partial charge < -0.3 is 10.2 Å².